The normalized spacial score (nSPS) is 21.0. The van der Waals surface area contributed by atoms with Crippen molar-refractivity contribution in [3.63, 3.8) is 0 Å². The number of likely N-dealkylation sites (tertiary alicyclic amines) is 2. The summed E-state index contributed by atoms with van der Waals surface area (Å²) >= 11 is 0. The van der Waals surface area contributed by atoms with Crippen LogP contribution < -0.4 is 15.5 Å². The van der Waals surface area contributed by atoms with Crippen LogP contribution in [0.2, 0.25) is 0 Å². The minimum Gasteiger partial charge on any atom is -0.352 e. The van der Waals surface area contributed by atoms with Crippen molar-refractivity contribution in [3.8, 4) is 11.3 Å². The van der Waals surface area contributed by atoms with Crippen LogP contribution in [0.15, 0.2) is 42.7 Å². The molecule has 0 atom stereocenters. The molecular weight excluding hydrogens is 659 g/mol. The van der Waals surface area contributed by atoms with Crippen LogP contribution in [0.3, 0.4) is 0 Å². The lowest BCUT2D eigenvalue weighted by Crippen LogP contribution is -2.66. The average molecular weight is 707 g/mol. The van der Waals surface area contributed by atoms with Crippen molar-refractivity contribution in [2.45, 2.75) is 90.3 Å². The Labute approximate surface area is 303 Å². The fourth-order valence-corrected chi connectivity index (χ4v) is 8.68. The van der Waals surface area contributed by atoms with Crippen LogP contribution in [0.25, 0.3) is 22.3 Å². The van der Waals surface area contributed by atoms with Crippen LogP contribution in [0.4, 0.5) is 21.6 Å². The number of nitrogens with zero attached hydrogens (tertiary/aromatic N) is 6. The van der Waals surface area contributed by atoms with Gasteiger partial charge < -0.3 is 29.9 Å². The van der Waals surface area contributed by atoms with E-state index in [0.29, 0.717) is 59.3 Å². The van der Waals surface area contributed by atoms with Crippen molar-refractivity contribution in [2.24, 2.45) is 0 Å². The highest BCUT2D eigenvalue weighted by Gasteiger charge is 2.61. The molecule has 4 aliphatic rings. The molecule has 1 aliphatic carbocycles. The highest BCUT2D eigenvalue weighted by atomic mass is 19.1. The molecule has 3 fully saturated rings. The maximum absolute atomic E-state index is 15.5. The third kappa shape index (κ3) is 5.53. The Morgan fingerprint density at radius 1 is 1.04 bits per heavy atom. The van der Waals surface area contributed by atoms with Crippen LogP contribution in [0.5, 0.6) is 0 Å². The summed E-state index contributed by atoms with van der Waals surface area (Å²) in [5.41, 5.74) is 4.98. The molecule has 12 heteroatoms. The Morgan fingerprint density at radius 3 is 2.48 bits per heavy atom. The smallest absolute Gasteiger partial charge is 0.251 e. The van der Waals surface area contributed by atoms with Gasteiger partial charge in [0.2, 0.25) is 11.8 Å². The molecule has 8 rings (SSSR count). The Bertz CT molecular complexity index is 2090. The third-order valence-electron chi connectivity index (χ3n) is 11.7. The Morgan fingerprint density at radius 2 is 1.79 bits per heavy atom. The highest BCUT2D eigenvalue weighted by molar-refractivity contribution is 6.11. The van der Waals surface area contributed by atoms with Gasteiger partial charge in [-0.25, -0.2) is 14.4 Å². The van der Waals surface area contributed by atoms with Crippen LogP contribution in [-0.2, 0) is 15.0 Å². The first-order valence-corrected chi connectivity index (χ1v) is 18.7. The van der Waals surface area contributed by atoms with Crippen LogP contribution in [0.1, 0.15) is 87.3 Å². The van der Waals surface area contributed by atoms with Crippen molar-refractivity contribution in [2.75, 3.05) is 42.9 Å². The molecule has 0 unspecified atom stereocenters. The SMILES string of the molecule is CCNC(=O)c1cc(Nc2nc(-c3ccc4c(c3)N(C3CC(N5CCCCC5)C3)C(=O)C43CN(C(C)=O)C3)cc3ncn(C(C)C)c23)c(F)cc1C. The standard InChI is InChI=1S/C40H47FN8O3/c1-6-42-38(51)29-18-33(31(41)14-24(29)4)45-37-36-34(43-22-48(36)23(2)3)19-32(44-37)26-10-11-30-35(15-26)49(39(52)40(30)20-47(21-40)25(5)50)28-16-27(17-28)46-12-8-7-9-13-46/h10-11,14-15,18-19,22-23,27-28H,6-9,12-13,16-17,20-21H2,1-5H3,(H,42,51)(H,44,45). The number of carbonyl (C=O) groups excluding carboxylic acids is 3. The lowest BCUT2D eigenvalue weighted by Gasteiger charge is -2.50. The first-order chi connectivity index (χ1) is 25.0. The molecule has 0 bridgehead atoms. The summed E-state index contributed by atoms with van der Waals surface area (Å²) in [5.74, 6) is -0.304. The third-order valence-corrected chi connectivity index (χ3v) is 11.7. The number of piperidine rings is 1. The van der Waals surface area contributed by atoms with E-state index in [1.165, 1.54) is 31.4 Å². The van der Waals surface area contributed by atoms with Crippen LogP contribution >= 0.6 is 0 Å². The Balaban J connectivity index is 1.19. The van der Waals surface area contributed by atoms with Gasteiger partial charge in [0.15, 0.2) is 5.82 Å². The maximum atomic E-state index is 15.5. The molecule has 11 nitrogen and oxygen atoms in total. The van der Waals surface area contributed by atoms with E-state index >= 15 is 4.39 Å². The lowest BCUT2D eigenvalue weighted by atomic mass is 9.74. The second-order valence-corrected chi connectivity index (χ2v) is 15.3. The van der Waals surface area contributed by atoms with E-state index in [1.807, 2.05) is 48.4 Å². The number of aromatic nitrogens is 3. The summed E-state index contributed by atoms with van der Waals surface area (Å²) in [6.07, 6.45) is 7.39. The summed E-state index contributed by atoms with van der Waals surface area (Å²) in [6.45, 7) is 12.7. The molecule has 2 aromatic heterocycles. The van der Waals surface area contributed by atoms with E-state index in [1.54, 1.807) is 25.1 Å². The Kier molecular flexibility index (Phi) is 8.55. The monoisotopic (exact) mass is 706 g/mol. The second-order valence-electron chi connectivity index (χ2n) is 15.3. The minimum absolute atomic E-state index is 0.0228. The maximum Gasteiger partial charge on any atom is 0.251 e. The minimum atomic E-state index is -0.735. The van der Waals surface area contributed by atoms with Gasteiger partial charge in [0.25, 0.3) is 5.91 Å². The quantitative estimate of drug-likeness (QED) is 0.228. The largest absolute Gasteiger partial charge is 0.352 e. The number of fused-ring (bicyclic) bond motifs is 3. The molecule has 52 heavy (non-hydrogen) atoms. The first-order valence-electron chi connectivity index (χ1n) is 18.7. The van der Waals surface area contributed by atoms with E-state index < -0.39 is 11.2 Å². The van der Waals surface area contributed by atoms with Crippen molar-refractivity contribution >= 4 is 45.9 Å². The number of halogens is 1. The highest BCUT2D eigenvalue weighted by Crippen LogP contribution is 2.51. The number of amides is 3. The van der Waals surface area contributed by atoms with E-state index in [4.69, 9.17) is 9.97 Å². The van der Waals surface area contributed by atoms with Crippen molar-refractivity contribution in [3.05, 3.63) is 65.2 Å². The molecule has 4 aromatic rings. The van der Waals surface area contributed by atoms with Gasteiger partial charge in [0.1, 0.15) is 16.7 Å². The summed E-state index contributed by atoms with van der Waals surface area (Å²) in [7, 11) is 0. The number of anilines is 3. The van der Waals surface area contributed by atoms with Gasteiger partial charge in [-0.2, -0.15) is 0 Å². The summed E-state index contributed by atoms with van der Waals surface area (Å²) in [4.78, 5) is 55.7. The molecule has 1 saturated carbocycles. The molecule has 3 amide bonds. The van der Waals surface area contributed by atoms with E-state index in [-0.39, 0.29) is 35.5 Å². The first kappa shape index (κ1) is 34.3. The molecule has 2 N–H and O–H groups in total. The molecule has 1 spiro atoms. The summed E-state index contributed by atoms with van der Waals surface area (Å²) in [6, 6.07) is 11.5. The molecule has 5 heterocycles. The number of nitrogens with one attached hydrogen (secondary N) is 2. The van der Waals surface area contributed by atoms with Crippen molar-refractivity contribution < 1.29 is 18.8 Å². The summed E-state index contributed by atoms with van der Waals surface area (Å²) < 4.78 is 17.5. The molecule has 2 aromatic carbocycles. The summed E-state index contributed by atoms with van der Waals surface area (Å²) in [5, 5.41) is 6.03. The number of hydrogen-bond donors (Lipinski definition) is 2. The van der Waals surface area contributed by atoms with Crippen LogP contribution in [-0.4, -0.2) is 86.9 Å². The number of pyridine rings is 1. The number of benzene rings is 2. The zero-order chi connectivity index (χ0) is 36.5. The number of imidazole rings is 1. The zero-order valence-electron chi connectivity index (χ0n) is 30.6. The molecular formula is C40H47FN8O3. The number of aryl methyl sites for hydroxylation is 1. The Hall–Kier alpha value is -4.84. The molecule has 2 saturated heterocycles. The topological polar surface area (TPSA) is 116 Å². The average Bonchev–Trinajstić information content (AvgIpc) is 3.62. The fourth-order valence-electron chi connectivity index (χ4n) is 8.68. The van der Waals surface area contributed by atoms with Gasteiger partial charge in [-0.05, 0) is 102 Å². The van der Waals surface area contributed by atoms with Gasteiger partial charge in [-0.3, -0.25) is 14.4 Å². The van der Waals surface area contributed by atoms with E-state index in [2.05, 4.69) is 21.6 Å². The number of rotatable bonds is 8. The van der Waals surface area contributed by atoms with Gasteiger partial charge in [0.05, 0.1) is 23.2 Å². The van der Waals surface area contributed by atoms with Gasteiger partial charge in [-0.1, -0.05) is 18.6 Å². The van der Waals surface area contributed by atoms with E-state index in [9.17, 15) is 14.4 Å². The predicted octanol–water partition coefficient (Wildman–Crippen LogP) is 6.08. The van der Waals surface area contributed by atoms with Gasteiger partial charge >= 0.3 is 0 Å². The molecule has 272 valence electrons. The predicted molar refractivity (Wildman–Crippen MR) is 199 cm³/mol. The lowest BCUT2D eigenvalue weighted by molar-refractivity contribution is -0.142. The zero-order valence-corrected chi connectivity index (χ0v) is 30.6. The van der Waals surface area contributed by atoms with Crippen molar-refractivity contribution in [1.29, 1.82) is 0 Å². The number of carbonyl (C=O) groups is 3. The van der Waals surface area contributed by atoms with Crippen molar-refractivity contribution in [1.82, 2.24) is 29.7 Å². The number of hydrogen-bond acceptors (Lipinski definition) is 7. The van der Waals surface area contributed by atoms with Gasteiger partial charge in [0, 0.05) is 61.5 Å². The molecule has 0 radical (unpaired) electrons. The van der Waals surface area contributed by atoms with Crippen LogP contribution in [0, 0.1) is 12.7 Å². The van der Waals surface area contributed by atoms with Gasteiger partial charge in [-0.15, -0.1) is 0 Å². The molecule has 3 aliphatic heterocycles. The second kappa shape index (κ2) is 13.0. The van der Waals surface area contributed by atoms with E-state index in [0.717, 1.165) is 42.7 Å². The fraction of sp³-hybridized carbons (Fsp3) is 0.475.